The largest absolute Gasteiger partial charge is 0.477 e. The maximum Gasteiger partial charge on any atom is 0.354 e. The van der Waals surface area contributed by atoms with Gasteiger partial charge in [0.25, 0.3) is 0 Å². The molecule has 1 heterocycles. The van der Waals surface area contributed by atoms with Crippen LogP contribution in [0.4, 0.5) is 0 Å². The number of carbonyl (C=O) groups is 1. The number of aromatic carboxylic acids is 1. The fourth-order valence-corrected chi connectivity index (χ4v) is 3.29. The van der Waals surface area contributed by atoms with Crippen molar-refractivity contribution in [2.24, 2.45) is 0 Å². The highest BCUT2D eigenvalue weighted by Gasteiger charge is 2.05. The van der Waals surface area contributed by atoms with Crippen molar-refractivity contribution in [3.8, 4) is 0 Å². The lowest BCUT2D eigenvalue weighted by molar-refractivity contribution is 0.0690. The van der Waals surface area contributed by atoms with Gasteiger partial charge in [-0.05, 0) is 24.3 Å². The van der Waals surface area contributed by atoms with E-state index in [9.17, 15) is 4.79 Å². The highest BCUT2D eigenvalue weighted by atomic mass is 32.2. The summed E-state index contributed by atoms with van der Waals surface area (Å²) in [6.07, 6.45) is 1.54. The van der Waals surface area contributed by atoms with Crippen molar-refractivity contribution in [2.45, 2.75) is 9.79 Å². The molecule has 1 aromatic heterocycles. The molecule has 5 heteroatoms. The van der Waals surface area contributed by atoms with Gasteiger partial charge in [0.1, 0.15) is 5.69 Å². The Morgan fingerprint density at radius 3 is 2.42 bits per heavy atom. The topological polar surface area (TPSA) is 50.2 Å². The Hall–Kier alpha value is -1.46. The van der Waals surface area contributed by atoms with Crippen LogP contribution in [0.1, 0.15) is 10.5 Å². The Morgan fingerprint density at radius 1 is 1.05 bits per heavy atom. The molecule has 2 aromatic rings. The number of pyridine rings is 1. The highest BCUT2D eigenvalue weighted by molar-refractivity contribution is 8.03. The van der Waals surface area contributed by atoms with E-state index >= 15 is 0 Å². The highest BCUT2D eigenvalue weighted by Crippen LogP contribution is 2.22. The lowest BCUT2D eigenvalue weighted by Crippen LogP contribution is -1.99. The molecule has 0 saturated heterocycles. The quantitative estimate of drug-likeness (QED) is 0.650. The predicted molar refractivity (Wildman–Crippen MR) is 79.1 cm³/mol. The molecule has 0 fully saturated rings. The lowest BCUT2D eigenvalue weighted by Gasteiger charge is -2.03. The number of carboxylic acids is 1. The van der Waals surface area contributed by atoms with Crippen LogP contribution in [-0.4, -0.2) is 27.6 Å². The van der Waals surface area contributed by atoms with Gasteiger partial charge in [0.2, 0.25) is 0 Å². The van der Waals surface area contributed by atoms with E-state index in [1.807, 2.05) is 24.3 Å². The Morgan fingerprint density at radius 2 is 1.74 bits per heavy atom. The fourth-order valence-electron chi connectivity index (χ4n) is 1.45. The zero-order chi connectivity index (χ0) is 13.5. The SMILES string of the molecule is O=C(O)c1cc(SCCSc2ccccc2)ccn1. The monoisotopic (exact) mass is 291 g/mol. The molecule has 1 N–H and O–H groups in total. The summed E-state index contributed by atoms with van der Waals surface area (Å²) in [5.74, 6) is 0.934. The summed E-state index contributed by atoms with van der Waals surface area (Å²) in [6.45, 7) is 0. The van der Waals surface area contributed by atoms with Crippen molar-refractivity contribution in [3.63, 3.8) is 0 Å². The summed E-state index contributed by atoms with van der Waals surface area (Å²) < 4.78 is 0. The Labute approximate surface area is 120 Å². The van der Waals surface area contributed by atoms with Crippen LogP contribution >= 0.6 is 23.5 Å². The van der Waals surface area contributed by atoms with Gasteiger partial charge in [0.05, 0.1) is 0 Å². The Kier molecular flexibility index (Phi) is 5.30. The normalized spacial score (nSPS) is 10.3. The van der Waals surface area contributed by atoms with E-state index in [0.29, 0.717) is 0 Å². The van der Waals surface area contributed by atoms with Crippen LogP contribution in [0.25, 0.3) is 0 Å². The van der Waals surface area contributed by atoms with Gasteiger partial charge in [-0.3, -0.25) is 0 Å². The minimum absolute atomic E-state index is 0.0979. The van der Waals surface area contributed by atoms with E-state index in [2.05, 4.69) is 17.1 Å². The van der Waals surface area contributed by atoms with Gasteiger partial charge < -0.3 is 5.11 Å². The maximum atomic E-state index is 10.8. The summed E-state index contributed by atoms with van der Waals surface area (Å²) in [6, 6.07) is 13.7. The van der Waals surface area contributed by atoms with Crippen LogP contribution in [-0.2, 0) is 0 Å². The van der Waals surface area contributed by atoms with Gasteiger partial charge in [-0.2, -0.15) is 0 Å². The third-order valence-electron chi connectivity index (χ3n) is 2.31. The van der Waals surface area contributed by atoms with Crippen molar-refractivity contribution in [1.82, 2.24) is 4.98 Å². The molecule has 0 aliphatic carbocycles. The molecule has 0 atom stereocenters. The predicted octanol–water partition coefficient (Wildman–Crippen LogP) is 3.66. The second-order valence-electron chi connectivity index (χ2n) is 3.69. The summed E-state index contributed by atoms with van der Waals surface area (Å²) >= 11 is 3.44. The van der Waals surface area contributed by atoms with Crippen LogP contribution in [0.5, 0.6) is 0 Å². The van der Waals surface area contributed by atoms with E-state index < -0.39 is 5.97 Å². The van der Waals surface area contributed by atoms with Gasteiger partial charge in [-0.15, -0.1) is 23.5 Å². The molecule has 0 spiro atoms. The molecule has 3 nitrogen and oxygen atoms in total. The van der Waals surface area contributed by atoms with E-state index in [1.165, 1.54) is 11.1 Å². The molecule has 0 bridgehead atoms. The molecular formula is C14H13NO2S2. The van der Waals surface area contributed by atoms with Gasteiger partial charge in [-0.1, -0.05) is 18.2 Å². The summed E-state index contributed by atoms with van der Waals surface area (Å²) in [5.41, 5.74) is 0.0979. The molecule has 0 amide bonds. The third-order valence-corrected chi connectivity index (χ3v) is 4.58. The van der Waals surface area contributed by atoms with E-state index in [0.717, 1.165) is 16.4 Å². The molecule has 2 rings (SSSR count). The molecule has 19 heavy (non-hydrogen) atoms. The maximum absolute atomic E-state index is 10.8. The number of carboxylic acid groups (broad SMARTS) is 1. The van der Waals surface area contributed by atoms with Gasteiger partial charge in [0.15, 0.2) is 0 Å². The minimum atomic E-state index is -0.985. The van der Waals surface area contributed by atoms with E-state index in [1.54, 1.807) is 29.6 Å². The smallest absolute Gasteiger partial charge is 0.354 e. The van der Waals surface area contributed by atoms with Gasteiger partial charge in [0, 0.05) is 27.5 Å². The first-order valence-corrected chi connectivity index (χ1v) is 7.73. The lowest BCUT2D eigenvalue weighted by atomic mass is 10.4. The number of thioether (sulfide) groups is 2. The number of nitrogens with zero attached hydrogens (tertiary/aromatic N) is 1. The summed E-state index contributed by atoms with van der Waals surface area (Å²) in [7, 11) is 0. The van der Waals surface area contributed by atoms with Crippen LogP contribution in [0.3, 0.4) is 0 Å². The number of hydrogen-bond acceptors (Lipinski definition) is 4. The zero-order valence-corrected chi connectivity index (χ0v) is 11.8. The van der Waals surface area contributed by atoms with Crippen molar-refractivity contribution in [3.05, 3.63) is 54.4 Å². The first-order chi connectivity index (χ1) is 9.25. The fraction of sp³-hybridized carbons (Fsp3) is 0.143. The van der Waals surface area contributed by atoms with Crippen LogP contribution < -0.4 is 0 Å². The van der Waals surface area contributed by atoms with Crippen molar-refractivity contribution < 1.29 is 9.90 Å². The summed E-state index contributed by atoms with van der Waals surface area (Å²) in [5, 5.41) is 8.85. The number of aromatic nitrogens is 1. The molecule has 98 valence electrons. The molecule has 0 radical (unpaired) electrons. The zero-order valence-electron chi connectivity index (χ0n) is 10.2. The molecule has 0 saturated carbocycles. The third kappa shape index (κ3) is 4.61. The van der Waals surface area contributed by atoms with Crippen molar-refractivity contribution >= 4 is 29.5 Å². The first kappa shape index (κ1) is 14.0. The van der Waals surface area contributed by atoms with Crippen LogP contribution in [0.2, 0.25) is 0 Å². The number of benzene rings is 1. The molecule has 0 aliphatic rings. The van der Waals surface area contributed by atoms with Crippen molar-refractivity contribution in [2.75, 3.05) is 11.5 Å². The second-order valence-corrected chi connectivity index (χ2v) is 6.03. The van der Waals surface area contributed by atoms with Gasteiger partial charge in [-0.25, -0.2) is 9.78 Å². The van der Waals surface area contributed by atoms with Crippen LogP contribution in [0.15, 0.2) is 58.5 Å². The second kappa shape index (κ2) is 7.21. The molecule has 0 aliphatic heterocycles. The van der Waals surface area contributed by atoms with Crippen LogP contribution in [0, 0.1) is 0 Å². The summed E-state index contributed by atoms with van der Waals surface area (Å²) in [4.78, 5) is 16.8. The average Bonchev–Trinajstić information content (AvgIpc) is 2.45. The van der Waals surface area contributed by atoms with Crippen molar-refractivity contribution in [1.29, 1.82) is 0 Å². The van der Waals surface area contributed by atoms with Gasteiger partial charge >= 0.3 is 5.97 Å². The average molecular weight is 291 g/mol. The first-order valence-electron chi connectivity index (χ1n) is 5.76. The molecular weight excluding hydrogens is 278 g/mol. The standard InChI is InChI=1S/C14H13NO2S2/c16-14(17)13-10-12(6-7-15-13)19-9-8-18-11-4-2-1-3-5-11/h1-7,10H,8-9H2,(H,16,17). The number of rotatable bonds is 6. The Bertz CT molecular complexity index is 546. The van der Waals surface area contributed by atoms with E-state index in [4.69, 9.17) is 5.11 Å². The molecule has 0 unspecified atom stereocenters. The molecule has 1 aromatic carbocycles. The minimum Gasteiger partial charge on any atom is -0.477 e. The Balaban J connectivity index is 1.80. The van der Waals surface area contributed by atoms with E-state index in [-0.39, 0.29) is 5.69 Å². The number of hydrogen-bond donors (Lipinski definition) is 1.